The predicted octanol–water partition coefficient (Wildman–Crippen LogP) is 3.89. The molecule has 1 aliphatic rings. The average molecular weight is 359 g/mol. The highest BCUT2D eigenvalue weighted by Gasteiger charge is 2.13. The van der Waals surface area contributed by atoms with E-state index in [0.29, 0.717) is 12.5 Å². The van der Waals surface area contributed by atoms with E-state index in [-0.39, 0.29) is 0 Å². The van der Waals surface area contributed by atoms with Crippen LogP contribution in [0.1, 0.15) is 29.5 Å². The van der Waals surface area contributed by atoms with Crippen molar-refractivity contribution in [3.05, 3.63) is 71.4 Å². The molecule has 2 aromatic carbocycles. The third-order valence-electron chi connectivity index (χ3n) is 5.03. The standard InChI is InChI=1S/C22H25N5/c1-27-15-18(21(26-27)17-9-3-2-4-10-17)14-24-22(23)25-20-13-7-11-16-8-5-6-12-19(16)20/h2-4,7,9-11,13,15H,5-6,8,12,14H2,1H3,(H3,23,24,25). The van der Waals surface area contributed by atoms with Gasteiger partial charge in [-0.15, -0.1) is 0 Å². The van der Waals surface area contributed by atoms with Crippen LogP contribution >= 0.6 is 0 Å². The topological polar surface area (TPSA) is 68.2 Å². The summed E-state index contributed by atoms with van der Waals surface area (Å²) in [6, 6.07) is 16.6. The van der Waals surface area contributed by atoms with Crippen molar-refractivity contribution in [2.24, 2.45) is 17.8 Å². The molecule has 1 aromatic heterocycles. The summed E-state index contributed by atoms with van der Waals surface area (Å²) in [7, 11) is 1.93. The number of aliphatic imine (C=N–C) groups is 1. The van der Waals surface area contributed by atoms with Crippen LogP contribution in [0.2, 0.25) is 0 Å². The van der Waals surface area contributed by atoms with Gasteiger partial charge < -0.3 is 11.1 Å². The van der Waals surface area contributed by atoms with Gasteiger partial charge in [0.1, 0.15) is 0 Å². The van der Waals surface area contributed by atoms with Gasteiger partial charge >= 0.3 is 0 Å². The molecule has 0 radical (unpaired) electrons. The second kappa shape index (κ2) is 7.66. The fourth-order valence-corrected chi connectivity index (χ4v) is 3.74. The zero-order valence-corrected chi connectivity index (χ0v) is 15.7. The lowest BCUT2D eigenvalue weighted by Gasteiger charge is -2.19. The molecule has 0 bridgehead atoms. The molecule has 0 amide bonds. The van der Waals surface area contributed by atoms with E-state index in [2.05, 4.69) is 45.7 Å². The Kier molecular flexibility index (Phi) is 4.92. The molecule has 0 unspecified atom stereocenters. The Morgan fingerprint density at radius 1 is 1.11 bits per heavy atom. The number of nitrogens with one attached hydrogen (secondary N) is 1. The monoisotopic (exact) mass is 359 g/mol. The van der Waals surface area contributed by atoms with Gasteiger partial charge in [0.05, 0.1) is 12.2 Å². The number of fused-ring (bicyclic) bond motifs is 1. The first-order valence-electron chi connectivity index (χ1n) is 9.46. The van der Waals surface area contributed by atoms with E-state index >= 15 is 0 Å². The molecule has 0 fully saturated rings. The van der Waals surface area contributed by atoms with Gasteiger partial charge in [0.15, 0.2) is 5.96 Å². The van der Waals surface area contributed by atoms with Crippen molar-refractivity contribution in [3.8, 4) is 11.3 Å². The molecular formula is C22H25N5. The van der Waals surface area contributed by atoms with Crippen LogP contribution < -0.4 is 11.1 Å². The Balaban J connectivity index is 1.53. The molecule has 1 heterocycles. The van der Waals surface area contributed by atoms with Crippen LogP contribution in [0, 0.1) is 0 Å². The molecule has 0 saturated heterocycles. The third kappa shape index (κ3) is 3.87. The van der Waals surface area contributed by atoms with Crippen LogP contribution in [0.15, 0.2) is 59.7 Å². The fourth-order valence-electron chi connectivity index (χ4n) is 3.74. The maximum Gasteiger partial charge on any atom is 0.193 e. The lowest BCUT2D eigenvalue weighted by Crippen LogP contribution is -2.24. The van der Waals surface area contributed by atoms with Crippen molar-refractivity contribution in [1.29, 1.82) is 0 Å². The van der Waals surface area contributed by atoms with Gasteiger partial charge in [0, 0.05) is 30.1 Å². The zero-order valence-electron chi connectivity index (χ0n) is 15.7. The van der Waals surface area contributed by atoms with Crippen LogP contribution in [0.3, 0.4) is 0 Å². The SMILES string of the molecule is Cn1cc(CN=C(N)Nc2cccc3c2CCCC3)c(-c2ccccc2)n1. The van der Waals surface area contributed by atoms with Crippen molar-refractivity contribution in [2.75, 3.05) is 5.32 Å². The van der Waals surface area contributed by atoms with E-state index in [1.54, 1.807) is 0 Å². The number of hydrogen-bond acceptors (Lipinski definition) is 2. The fraction of sp³-hybridized carbons (Fsp3) is 0.273. The zero-order chi connectivity index (χ0) is 18.6. The van der Waals surface area contributed by atoms with Crippen LogP contribution in [0.4, 0.5) is 5.69 Å². The average Bonchev–Trinajstić information content (AvgIpc) is 3.08. The number of hydrogen-bond donors (Lipinski definition) is 2. The van der Waals surface area contributed by atoms with Gasteiger partial charge in [-0.2, -0.15) is 5.10 Å². The van der Waals surface area contributed by atoms with E-state index in [9.17, 15) is 0 Å². The van der Waals surface area contributed by atoms with E-state index in [1.165, 1.54) is 24.0 Å². The number of aryl methyl sites for hydroxylation is 2. The molecule has 3 N–H and O–H groups in total. The van der Waals surface area contributed by atoms with Crippen molar-refractivity contribution in [3.63, 3.8) is 0 Å². The summed E-state index contributed by atoms with van der Waals surface area (Å²) in [6.45, 7) is 0.492. The Morgan fingerprint density at radius 2 is 1.93 bits per heavy atom. The van der Waals surface area contributed by atoms with Crippen molar-refractivity contribution >= 4 is 11.6 Å². The van der Waals surface area contributed by atoms with Crippen LogP contribution in [-0.4, -0.2) is 15.7 Å². The number of benzene rings is 2. The molecule has 5 nitrogen and oxygen atoms in total. The minimum Gasteiger partial charge on any atom is -0.370 e. The molecule has 27 heavy (non-hydrogen) atoms. The normalized spacial score (nSPS) is 14.0. The predicted molar refractivity (Wildman–Crippen MR) is 111 cm³/mol. The summed E-state index contributed by atoms with van der Waals surface area (Å²) >= 11 is 0. The van der Waals surface area contributed by atoms with E-state index in [1.807, 2.05) is 36.1 Å². The van der Waals surface area contributed by atoms with Gasteiger partial charge in [0.2, 0.25) is 0 Å². The largest absolute Gasteiger partial charge is 0.370 e. The Labute approximate surface area is 159 Å². The van der Waals surface area contributed by atoms with Gasteiger partial charge in [-0.3, -0.25) is 4.68 Å². The lowest BCUT2D eigenvalue weighted by molar-refractivity contribution is 0.687. The maximum atomic E-state index is 6.19. The molecule has 1 aliphatic carbocycles. The van der Waals surface area contributed by atoms with Crippen molar-refractivity contribution < 1.29 is 0 Å². The molecule has 4 rings (SSSR count). The summed E-state index contributed by atoms with van der Waals surface area (Å²) in [4.78, 5) is 4.57. The van der Waals surface area contributed by atoms with Crippen LogP contribution in [-0.2, 0) is 26.4 Å². The quantitative estimate of drug-likeness (QED) is 0.548. The first kappa shape index (κ1) is 17.3. The van der Waals surface area contributed by atoms with Gasteiger partial charge in [0.25, 0.3) is 0 Å². The number of rotatable bonds is 4. The lowest BCUT2D eigenvalue weighted by atomic mass is 9.90. The molecular weight excluding hydrogens is 334 g/mol. The summed E-state index contributed by atoms with van der Waals surface area (Å²) < 4.78 is 1.82. The highest BCUT2D eigenvalue weighted by atomic mass is 15.3. The number of guanidine groups is 1. The number of nitrogens with two attached hydrogens (primary N) is 1. The second-order valence-corrected chi connectivity index (χ2v) is 7.02. The number of aromatic nitrogens is 2. The third-order valence-corrected chi connectivity index (χ3v) is 5.03. The Morgan fingerprint density at radius 3 is 2.78 bits per heavy atom. The summed E-state index contributed by atoms with van der Waals surface area (Å²) in [5, 5.41) is 7.89. The minimum atomic E-state index is 0.442. The second-order valence-electron chi connectivity index (χ2n) is 7.02. The smallest absolute Gasteiger partial charge is 0.193 e. The number of nitrogens with zero attached hydrogens (tertiary/aromatic N) is 3. The highest BCUT2D eigenvalue weighted by Crippen LogP contribution is 2.28. The first-order valence-corrected chi connectivity index (χ1v) is 9.46. The Hall–Kier alpha value is -3.08. The summed E-state index contributed by atoms with van der Waals surface area (Å²) in [6.07, 6.45) is 6.76. The molecule has 0 spiro atoms. The highest BCUT2D eigenvalue weighted by molar-refractivity contribution is 5.93. The first-order chi connectivity index (χ1) is 13.2. The Bertz CT molecular complexity index is 956. The van der Waals surface area contributed by atoms with Gasteiger partial charge in [-0.1, -0.05) is 42.5 Å². The molecule has 0 saturated carbocycles. The van der Waals surface area contributed by atoms with Crippen LogP contribution in [0.25, 0.3) is 11.3 Å². The number of anilines is 1. The molecule has 0 atom stereocenters. The molecule has 0 aliphatic heterocycles. The molecule has 138 valence electrons. The van der Waals surface area contributed by atoms with E-state index in [4.69, 9.17) is 5.73 Å². The van der Waals surface area contributed by atoms with Crippen molar-refractivity contribution in [1.82, 2.24) is 9.78 Å². The molecule has 5 heteroatoms. The van der Waals surface area contributed by atoms with Crippen molar-refractivity contribution in [2.45, 2.75) is 32.2 Å². The van der Waals surface area contributed by atoms with Gasteiger partial charge in [-0.05, 0) is 42.9 Å². The van der Waals surface area contributed by atoms with Crippen LogP contribution in [0.5, 0.6) is 0 Å². The maximum absolute atomic E-state index is 6.19. The minimum absolute atomic E-state index is 0.442. The van der Waals surface area contributed by atoms with Gasteiger partial charge in [-0.25, -0.2) is 4.99 Å². The van der Waals surface area contributed by atoms with E-state index < -0.39 is 0 Å². The summed E-state index contributed by atoms with van der Waals surface area (Å²) in [5.41, 5.74) is 13.2. The summed E-state index contributed by atoms with van der Waals surface area (Å²) in [5.74, 6) is 0.442. The van der Waals surface area contributed by atoms with E-state index in [0.717, 1.165) is 35.3 Å². The molecule has 3 aromatic rings.